The van der Waals surface area contributed by atoms with Gasteiger partial charge in [0.15, 0.2) is 0 Å². The van der Waals surface area contributed by atoms with Gasteiger partial charge < -0.3 is 25.3 Å². The Hall–Kier alpha value is -4.41. The van der Waals surface area contributed by atoms with E-state index in [1.807, 2.05) is 12.1 Å². The molecule has 36 heavy (non-hydrogen) atoms. The summed E-state index contributed by atoms with van der Waals surface area (Å²) in [5, 5.41) is 2.49. The van der Waals surface area contributed by atoms with Crippen LogP contribution >= 0.6 is 0 Å². The van der Waals surface area contributed by atoms with Gasteiger partial charge in [-0.15, -0.1) is 4.99 Å². The van der Waals surface area contributed by atoms with Crippen molar-refractivity contribution in [1.82, 2.24) is 10.2 Å². The maximum absolute atomic E-state index is 12.8. The van der Waals surface area contributed by atoms with Crippen LogP contribution in [0.1, 0.15) is 24.0 Å². The van der Waals surface area contributed by atoms with E-state index in [-0.39, 0.29) is 38.5 Å². The Balaban J connectivity index is 1.62. The zero-order chi connectivity index (χ0) is 25.9. The van der Waals surface area contributed by atoms with E-state index in [2.05, 4.69) is 15.0 Å². The Labute approximate surface area is 208 Å². The number of nitrogens with zero attached hydrogens (tertiary/aromatic N) is 2. The summed E-state index contributed by atoms with van der Waals surface area (Å²) < 4.78 is 15.1. The second-order valence-electron chi connectivity index (χ2n) is 7.96. The summed E-state index contributed by atoms with van der Waals surface area (Å²) in [5.41, 5.74) is 7.49. The van der Waals surface area contributed by atoms with Gasteiger partial charge in [-0.25, -0.2) is 19.3 Å². The molecule has 1 saturated heterocycles. The number of rotatable bonds is 9. The second kappa shape index (κ2) is 12.9. The van der Waals surface area contributed by atoms with Crippen LogP contribution in [-0.4, -0.2) is 54.6 Å². The Bertz CT molecular complexity index is 1090. The molecule has 0 bridgehead atoms. The van der Waals surface area contributed by atoms with E-state index in [1.165, 1.54) is 7.11 Å². The first kappa shape index (κ1) is 26.2. The lowest BCUT2D eigenvalue weighted by atomic mass is 9.86. The third-order valence-corrected chi connectivity index (χ3v) is 5.50. The molecule has 1 heterocycles. The number of guanidine groups is 1. The zero-order valence-corrected chi connectivity index (χ0v) is 19.8. The highest BCUT2D eigenvalue weighted by Crippen LogP contribution is 2.22. The van der Waals surface area contributed by atoms with Crippen LogP contribution in [0.5, 0.6) is 0 Å². The van der Waals surface area contributed by atoms with Crippen molar-refractivity contribution in [2.75, 3.05) is 13.7 Å². The highest BCUT2D eigenvalue weighted by Gasteiger charge is 2.44. The van der Waals surface area contributed by atoms with Crippen molar-refractivity contribution in [3.05, 3.63) is 71.8 Å². The van der Waals surface area contributed by atoms with Crippen molar-refractivity contribution in [3.8, 4) is 0 Å². The van der Waals surface area contributed by atoms with Crippen molar-refractivity contribution in [1.29, 1.82) is 0 Å². The van der Waals surface area contributed by atoms with Crippen LogP contribution in [0.4, 0.5) is 9.59 Å². The molecule has 1 aliphatic heterocycles. The van der Waals surface area contributed by atoms with Crippen molar-refractivity contribution < 1.29 is 33.4 Å². The number of benzene rings is 2. The van der Waals surface area contributed by atoms with Crippen LogP contribution in [0.15, 0.2) is 65.7 Å². The average Bonchev–Trinajstić information content (AvgIpc) is 2.89. The third-order valence-electron chi connectivity index (χ3n) is 5.50. The summed E-state index contributed by atoms with van der Waals surface area (Å²) in [5.74, 6) is -1.82. The summed E-state index contributed by atoms with van der Waals surface area (Å²) >= 11 is 0. The smallest absolute Gasteiger partial charge is 0.437 e. The fourth-order valence-electron chi connectivity index (χ4n) is 3.54. The van der Waals surface area contributed by atoms with Crippen LogP contribution < -0.4 is 11.1 Å². The molecular weight excluding hydrogens is 468 g/mol. The molecular formula is C25H28N4O7. The Kier molecular flexibility index (Phi) is 9.38. The zero-order valence-electron chi connectivity index (χ0n) is 19.8. The predicted octanol–water partition coefficient (Wildman–Crippen LogP) is 2.34. The van der Waals surface area contributed by atoms with Gasteiger partial charge in [0.1, 0.15) is 19.3 Å². The minimum absolute atomic E-state index is 0.00735. The van der Waals surface area contributed by atoms with Crippen molar-refractivity contribution in [3.63, 3.8) is 0 Å². The molecule has 2 atom stereocenters. The van der Waals surface area contributed by atoms with Crippen molar-refractivity contribution in [2.24, 2.45) is 16.6 Å². The number of hydrogen-bond donors (Lipinski definition) is 2. The fourth-order valence-corrected chi connectivity index (χ4v) is 3.54. The molecule has 2 aromatic rings. The van der Waals surface area contributed by atoms with E-state index < -0.39 is 36.1 Å². The Morgan fingerprint density at radius 1 is 0.972 bits per heavy atom. The number of aliphatic imine (C=N–C) groups is 1. The fraction of sp³-hybridized carbons (Fsp3) is 0.320. The molecule has 3 N–H and O–H groups in total. The molecule has 2 aromatic carbocycles. The van der Waals surface area contributed by atoms with E-state index in [1.54, 1.807) is 48.5 Å². The maximum Gasteiger partial charge on any atom is 0.437 e. The summed E-state index contributed by atoms with van der Waals surface area (Å²) in [6, 6.07) is 17.3. The number of amides is 3. The van der Waals surface area contributed by atoms with Gasteiger partial charge >= 0.3 is 18.2 Å². The number of hydrogen-bond acceptors (Lipinski definition) is 7. The predicted molar refractivity (Wildman–Crippen MR) is 128 cm³/mol. The standard InChI is InChI=1S/C25H28N4O7/c1-34-22(31)20-19(21(30)27-20)13-8-14-29(25(33)36-16-18-11-6-3-7-12-18)23(26)28-24(32)35-15-17-9-4-2-5-10-17/h2-7,9-12,19-20H,8,13-16H2,1H3,(H,27,30)(H2,26,28,32). The lowest BCUT2D eigenvalue weighted by Crippen LogP contribution is -2.62. The Morgan fingerprint density at radius 2 is 1.56 bits per heavy atom. The van der Waals surface area contributed by atoms with E-state index in [9.17, 15) is 19.2 Å². The molecule has 0 aliphatic carbocycles. The number of carbonyl (C=O) groups is 4. The summed E-state index contributed by atoms with van der Waals surface area (Å²) in [7, 11) is 1.24. The molecule has 3 rings (SSSR count). The van der Waals surface area contributed by atoms with Crippen LogP contribution in [-0.2, 0) is 37.0 Å². The Morgan fingerprint density at radius 3 is 2.11 bits per heavy atom. The molecule has 11 heteroatoms. The van der Waals surface area contributed by atoms with Crippen LogP contribution in [0.25, 0.3) is 0 Å². The number of carbonyl (C=O) groups excluding carboxylic acids is 4. The van der Waals surface area contributed by atoms with Gasteiger partial charge in [-0.3, -0.25) is 4.79 Å². The molecule has 1 aliphatic rings. The van der Waals surface area contributed by atoms with E-state index >= 15 is 0 Å². The minimum Gasteiger partial charge on any atom is -0.467 e. The number of methoxy groups -OCH3 is 1. The number of esters is 1. The molecule has 0 spiro atoms. The molecule has 2 unspecified atom stereocenters. The van der Waals surface area contributed by atoms with Gasteiger partial charge in [-0.1, -0.05) is 60.7 Å². The van der Waals surface area contributed by atoms with Crippen LogP contribution in [0, 0.1) is 5.92 Å². The van der Waals surface area contributed by atoms with E-state index in [4.69, 9.17) is 15.2 Å². The van der Waals surface area contributed by atoms with Gasteiger partial charge in [0.2, 0.25) is 11.9 Å². The third kappa shape index (κ3) is 7.29. The molecule has 0 radical (unpaired) electrons. The number of nitrogens with one attached hydrogen (secondary N) is 1. The van der Waals surface area contributed by atoms with Gasteiger partial charge in [-0.2, -0.15) is 0 Å². The van der Waals surface area contributed by atoms with Gasteiger partial charge in [0.05, 0.1) is 13.0 Å². The van der Waals surface area contributed by atoms with Gasteiger partial charge in [0, 0.05) is 6.54 Å². The molecule has 11 nitrogen and oxygen atoms in total. The quantitative estimate of drug-likeness (QED) is 0.177. The lowest BCUT2D eigenvalue weighted by Gasteiger charge is -2.34. The average molecular weight is 497 g/mol. The first-order valence-corrected chi connectivity index (χ1v) is 11.3. The highest BCUT2D eigenvalue weighted by atomic mass is 16.6. The molecule has 3 amide bonds. The number of nitrogens with two attached hydrogens (primary N) is 1. The second-order valence-corrected chi connectivity index (χ2v) is 7.96. The highest BCUT2D eigenvalue weighted by molar-refractivity contribution is 5.98. The summed E-state index contributed by atoms with van der Waals surface area (Å²) in [6.07, 6.45) is -1.24. The van der Waals surface area contributed by atoms with Gasteiger partial charge in [-0.05, 0) is 24.0 Å². The SMILES string of the molecule is COC(=O)C1NC(=O)C1CCCN(C(=O)OCc1ccccc1)/C(N)=N\C(=O)OCc1ccccc1. The van der Waals surface area contributed by atoms with Crippen LogP contribution in [0.2, 0.25) is 0 Å². The topological polar surface area (TPSA) is 150 Å². The van der Waals surface area contributed by atoms with E-state index in [0.29, 0.717) is 0 Å². The minimum atomic E-state index is -0.971. The molecule has 0 saturated carbocycles. The largest absolute Gasteiger partial charge is 0.467 e. The van der Waals surface area contributed by atoms with Crippen molar-refractivity contribution in [2.45, 2.75) is 32.1 Å². The summed E-state index contributed by atoms with van der Waals surface area (Å²) in [4.78, 5) is 53.3. The normalized spacial score (nSPS) is 16.8. The number of ether oxygens (including phenoxy) is 3. The molecule has 190 valence electrons. The monoisotopic (exact) mass is 496 g/mol. The lowest BCUT2D eigenvalue weighted by molar-refractivity contribution is -0.155. The first-order valence-electron chi connectivity index (χ1n) is 11.3. The maximum atomic E-state index is 12.8. The molecule has 1 fully saturated rings. The molecule has 0 aromatic heterocycles. The first-order chi connectivity index (χ1) is 17.4. The van der Waals surface area contributed by atoms with Crippen molar-refractivity contribution >= 4 is 30.0 Å². The van der Waals surface area contributed by atoms with E-state index in [0.717, 1.165) is 16.0 Å². The van der Waals surface area contributed by atoms with Crippen LogP contribution in [0.3, 0.4) is 0 Å². The van der Waals surface area contributed by atoms with Gasteiger partial charge in [0.25, 0.3) is 0 Å². The number of β-lactam (4-membered cyclic amide) rings is 1. The summed E-state index contributed by atoms with van der Waals surface area (Å²) in [6.45, 7) is -0.0371.